The van der Waals surface area contributed by atoms with Gasteiger partial charge in [-0.15, -0.1) is 0 Å². The number of benzene rings is 1. The number of aromatic amines is 1. The Balaban J connectivity index is 2.17. The summed E-state index contributed by atoms with van der Waals surface area (Å²) in [5.41, 5.74) is 7.54. The van der Waals surface area contributed by atoms with Gasteiger partial charge in [-0.25, -0.2) is 0 Å². The number of nitrogen functional groups attached to an aromatic ring is 1. The second kappa shape index (κ2) is 3.41. The lowest BCUT2D eigenvalue weighted by Gasteiger charge is -2.04. The molecular formula is C10H8BrN3O2. The molecule has 0 amide bonds. The van der Waals surface area contributed by atoms with Crippen LogP contribution in [0, 0.1) is 0 Å². The Morgan fingerprint density at radius 1 is 1.38 bits per heavy atom. The summed E-state index contributed by atoms with van der Waals surface area (Å²) in [5.74, 6) is 1.97. The first-order chi connectivity index (χ1) is 7.75. The molecule has 0 radical (unpaired) electrons. The lowest BCUT2D eigenvalue weighted by Crippen LogP contribution is -1.93. The van der Waals surface area contributed by atoms with E-state index in [1.807, 2.05) is 12.1 Å². The Hall–Kier alpha value is -1.69. The van der Waals surface area contributed by atoms with Crippen LogP contribution in [0.4, 0.5) is 5.82 Å². The van der Waals surface area contributed by atoms with Gasteiger partial charge in [0.15, 0.2) is 11.5 Å². The number of nitrogens with two attached hydrogens (primary N) is 1. The maximum absolute atomic E-state index is 5.76. The number of fused-ring (bicyclic) bond motifs is 1. The standard InChI is InChI=1S/C10H8BrN3O2/c11-7-1-5(6-3-13-14-10(6)12)2-8-9(7)16-4-15-8/h1-3H,4H2,(H3,12,13,14). The molecule has 1 aromatic heterocycles. The number of H-pyrrole nitrogens is 1. The highest BCUT2D eigenvalue weighted by atomic mass is 79.9. The molecule has 3 rings (SSSR count). The second-order valence-electron chi connectivity index (χ2n) is 3.39. The molecule has 5 nitrogen and oxygen atoms in total. The first-order valence-corrected chi connectivity index (χ1v) is 5.43. The number of nitrogens with zero attached hydrogens (tertiary/aromatic N) is 1. The van der Waals surface area contributed by atoms with Crippen molar-refractivity contribution in [3.05, 3.63) is 22.8 Å². The largest absolute Gasteiger partial charge is 0.454 e. The van der Waals surface area contributed by atoms with Gasteiger partial charge in [-0.05, 0) is 33.6 Å². The monoisotopic (exact) mass is 281 g/mol. The number of aromatic nitrogens is 2. The molecule has 0 aliphatic carbocycles. The fourth-order valence-corrected chi connectivity index (χ4v) is 2.21. The number of halogens is 1. The Kier molecular flexibility index (Phi) is 2.03. The molecule has 0 bridgehead atoms. The Bertz CT molecular complexity index is 553. The highest BCUT2D eigenvalue weighted by Gasteiger charge is 2.19. The first kappa shape index (κ1) is 9.53. The van der Waals surface area contributed by atoms with Gasteiger partial charge in [0.25, 0.3) is 0 Å². The predicted molar refractivity (Wildman–Crippen MR) is 62.3 cm³/mol. The quantitative estimate of drug-likeness (QED) is 0.840. The van der Waals surface area contributed by atoms with Crippen LogP contribution >= 0.6 is 15.9 Å². The van der Waals surface area contributed by atoms with Crippen molar-refractivity contribution in [1.29, 1.82) is 0 Å². The Morgan fingerprint density at radius 2 is 2.25 bits per heavy atom. The van der Waals surface area contributed by atoms with Gasteiger partial charge >= 0.3 is 0 Å². The lowest BCUT2D eigenvalue weighted by molar-refractivity contribution is 0.173. The normalized spacial score (nSPS) is 13.1. The molecule has 3 N–H and O–H groups in total. The summed E-state index contributed by atoms with van der Waals surface area (Å²) >= 11 is 3.43. The second-order valence-corrected chi connectivity index (χ2v) is 4.24. The van der Waals surface area contributed by atoms with Gasteiger partial charge in [0, 0.05) is 5.56 Å². The maximum Gasteiger partial charge on any atom is 0.231 e. The summed E-state index contributed by atoms with van der Waals surface area (Å²) in [6, 6.07) is 3.81. The van der Waals surface area contributed by atoms with Crippen LogP contribution in [0.5, 0.6) is 11.5 Å². The van der Waals surface area contributed by atoms with E-state index < -0.39 is 0 Å². The van der Waals surface area contributed by atoms with E-state index in [4.69, 9.17) is 15.2 Å². The van der Waals surface area contributed by atoms with Crippen molar-refractivity contribution >= 4 is 21.7 Å². The molecule has 2 aromatic rings. The number of hydrogen-bond acceptors (Lipinski definition) is 4. The molecule has 2 heterocycles. The van der Waals surface area contributed by atoms with Crippen LogP contribution in [0.3, 0.4) is 0 Å². The zero-order valence-corrected chi connectivity index (χ0v) is 9.74. The Labute approximate surface area is 99.7 Å². The van der Waals surface area contributed by atoms with Crippen molar-refractivity contribution in [3.63, 3.8) is 0 Å². The van der Waals surface area contributed by atoms with E-state index in [2.05, 4.69) is 26.1 Å². The van der Waals surface area contributed by atoms with Crippen molar-refractivity contribution in [2.24, 2.45) is 0 Å². The Morgan fingerprint density at radius 3 is 3.00 bits per heavy atom. The third-order valence-corrected chi connectivity index (χ3v) is 3.00. The molecule has 16 heavy (non-hydrogen) atoms. The molecule has 0 fully saturated rings. The van der Waals surface area contributed by atoms with Crippen LogP contribution in [0.15, 0.2) is 22.8 Å². The zero-order chi connectivity index (χ0) is 11.1. The predicted octanol–water partition coefficient (Wildman–Crippen LogP) is 2.15. The average molecular weight is 282 g/mol. The molecule has 0 spiro atoms. The van der Waals surface area contributed by atoms with E-state index in [1.54, 1.807) is 6.20 Å². The van der Waals surface area contributed by atoms with E-state index >= 15 is 0 Å². The SMILES string of the molecule is Nc1[nH]ncc1-c1cc(Br)c2c(c1)OCO2. The van der Waals surface area contributed by atoms with Crippen molar-refractivity contribution in [2.45, 2.75) is 0 Å². The number of anilines is 1. The van der Waals surface area contributed by atoms with Gasteiger partial charge in [0.1, 0.15) is 5.82 Å². The molecule has 0 saturated heterocycles. The fourth-order valence-electron chi connectivity index (χ4n) is 1.65. The summed E-state index contributed by atoms with van der Waals surface area (Å²) in [6.07, 6.45) is 1.68. The third-order valence-electron chi connectivity index (χ3n) is 2.41. The van der Waals surface area contributed by atoms with Gasteiger partial charge < -0.3 is 15.2 Å². The number of rotatable bonds is 1. The average Bonchev–Trinajstić information content (AvgIpc) is 2.85. The van der Waals surface area contributed by atoms with Gasteiger partial charge in [-0.2, -0.15) is 5.10 Å². The molecule has 0 saturated carbocycles. The van der Waals surface area contributed by atoms with E-state index in [-0.39, 0.29) is 6.79 Å². The third kappa shape index (κ3) is 1.34. The molecule has 1 aromatic carbocycles. The summed E-state index contributed by atoms with van der Waals surface area (Å²) in [7, 11) is 0. The van der Waals surface area contributed by atoms with Crippen molar-refractivity contribution in [2.75, 3.05) is 12.5 Å². The van der Waals surface area contributed by atoms with Crippen molar-refractivity contribution < 1.29 is 9.47 Å². The minimum absolute atomic E-state index is 0.248. The molecule has 6 heteroatoms. The highest BCUT2D eigenvalue weighted by Crippen LogP contribution is 2.42. The summed E-state index contributed by atoms with van der Waals surface area (Å²) < 4.78 is 11.5. The molecular weight excluding hydrogens is 274 g/mol. The topological polar surface area (TPSA) is 73.2 Å². The lowest BCUT2D eigenvalue weighted by atomic mass is 10.1. The smallest absolute Gasteiger partial charge is 0.231 e. The van der Waals surface area contributed by atoms with E-state index in [0.29, 0.717) is 11.6 Å². The number of hydrogen-bond donors (Lipinski definition) is 2. The maximum atomic E-state index is 5.76. The van der Waals surface area contributed by atoms with Crippen LogP contribution in [0.25, 0.3) is 11.1 Å². The van der Waals surface area contributed by atoms with Gasteiger partial charge in [0.05, 0.1) is 10.7 Å². The minimum Gasteiger partial charge on any atom is -0.454 e. The van der Waals surface area contributed by atoms with Crippen LogP contribution in [-0.2, 0) is 0 Å². The highest BCUT2D eigenvalue weighted by molar-refractivity contribution is 9.10. The van der Waals surface area contributed by atoms with Gasteiger partial charge in [0.2, 0.25) is 6.79 Å². The number of nitrogens with one attached hydrogen (secondary N) is 1. The summed E-state index contributed by atoms with van der Waals surface area (Å²) in [6.45, 7) is 0.248. The van der Waals surface area contributed by atoms with Crippen LogP contribution < -0.4 is 15.2 Å². The van der Waals surface area contributed by atoms with E-state index in [0.717, 1.165) is 21.3 Å². The summed E-state index contributed by atoms with van der Waals surface area (Å²) in [4.78, 5) is 0. The zero-order valence-electron chi connectivity index (χ0n) is 8.16. The molecule has 82 valence electrons. The minimum atomic E-state index is 0.248. The molecule has 1 aliphatic rings. The fraction of sp³-hybridized carbons (Fsp3) is 0.100. The van der Waals surface area contributed by atoms with E-state index in [1.165, 1.54) is 0 Å². The molecule has 0 unspecified atom stereocenters. The van der Waals surface area contributed by atoms with Crippen LogP contribution in [0.1, 0.15) is 0 Å². The number of ether oxygens (including phenoxy) is 2. The van der Waals surface area contributed by atoms with E-state index in [9.17, 15) is 0 Å². The van der Waals surface area contributed by atoms with Crippen molar-refractivity contribution in [3.8, 4) is 22.6 Å². The van der Waals surface area contributed by atoms with Gasteiger partial charge in [-0.1, -0.05) is 0 Å². The van der Waals surface area contributed by atoms with Crippen LogP contribution in [0.2, 0.25) is 0 Å². The van der Waals surface area contributed by atoms with Gasteiger partial charge in [-0.3, -0.25) is 5.10 Å². The van der Waals surface area contributed by atoms with Crippen LogP contribution in [-0.4, -0.2) is 17.0 Å². The first-order valence-electron chi connectivity index (χ1n) is 4.64. The summed E-state index contributed by atoms with van der Waals surface area (Å²) in [5, 5.41) is 6.58. The van der Waals surface area contributed by atoms with Crippen molar-refractivity contribution in [1.82, 2.24) is 10.2 Å². The molecule has 1 aliphatic heterocycles. The molecule has 0 atom stereocenters.